The zero-order valence-electron chi connectivity index (χ0n) is 15.7. The van der Waals surface area contributed by atoms with Crippen molar-refractivity contribution in [1.82, 2.24) is 9.55 Å². The number of hydrazone groups is 1. The minimum atomic E-state index is -4.81. The highest BCUT2D eigenvalue weighted by Crippen LogP contribution is 2.39. The lowest BCUT2D eigenvalue weighted by Crippen LogP contribution is -2.46. The van der Waals surface area contributed by atoms with Crippen LogP contribution in [0.4, 0.5) is 11.6 Å². The molecule has 2 aromatic rings. The molecule has 0 bridgehead atoms. The molecule has 0 aliphatic carbocycles. The van der Waals surface area contributed by atoms with Crippen LogP contribution >= 0.6 is 7.82 Å². The Morgan fingerprint density at radius 3 is 2.83 bits per heavy atom. The van der Waals surface area contributed by atoms with Gasteiger partial charge in [0.2, 0.25) is 6.23 Å². The van der Waals surface area contributed by atoms with Crippen LogP contribution in [0.1, 0.15) is 13.2 Å². The molecular weight excluding hydrogens is 423 g/mol. The molecule has 160 valence electrons. The van der Waals surface area contributed by atoms with Crippen molar-refractivity contribution in [3.8, 4) is 0 Å². The van der Waals surface area contributed by atoms with Gasteiger partial charge in [-0.1, -0.05) is 0 Å². The third-order valence-corrected chi connectivity index (χ3v) is 5.34. The third-order valence-electron chi connectivity index (χ3n) is 4.85. The van der Waals surface area contributed by atoms with Gasteiger partial charge >= 0.3 is 13.8 Å². The van der Waals surface area contributed by atoms with Gasteiger partial charge < -0.3 is 24.7 Å². The molecule has 0 spiro atoms. The lowest BCUT2D eigenvalue weighted by molar-refractivity contribution is -0.734. The second-order valence-electron chi connectivity index (χ2n) is 6.70. The number of phosphoric acid groups is 1. The normalized spacial score (nSPS) is 26.1. The molecule has 2 aliphatic heterocycles. The van der Waals surface area contributed by atoms with Crippen molar-refractivity contribution < 1.29 is 38.4 Å². The number of rotatable bonds is 5. The van der Waals surface area contributed by atoms with Crippen molar-refractivity contribution in [3.63, 3.8) is 0 Å². The van der Waals surface area contributed by atoms with Crippen LogP contribution in [-0.2, 0) is 13.8 Å². The number of imidazole rings is 1. The molecule has 15 nitrogen and oxygen atoms in total. The van der Waals surface area contributed by atoms with E-state index in [0.717, 1.165) is 0 Å². The van der Waals surface area contributed by atoms with Gasteiger partial charge in [0.05, 0.1) is 12.8 Å². The smallest absolute Gasteiger partial charge is 0.387 e. The Balaban J connectivity index is 1.86. The van der Waals surface area contributed by atoms with Gasteiger partial charge in [-0.25, -0.2) is 4.57 Å². The first-order valence-corrected chi connectivity index (χ1v) is 10.2. The van der Waals surface area contributed by atoms with Gasteiger partial charge in [-0.15, -0.1) is 10.1 Å². The molecule has 4 N–H and O–H groups in total. The number of hydrogen-bond donors (Lipinski definition) is 4. The summed E-state index contributed by atoms with van der Waals surface area (Å²) in [6, 6.07) is 1.70. The van der Waals surface area contributed by atoms with Gasteiger partial charge in [-0.05, 0) is 6.07 Å². The van der Waals surface area contributed by atoms with E-state index in [-0.39, 0.29) is 11.6 Å². The first-order chi connectivity index (χ1) is 14.1. The summed E-state index contributed by atoms with van der Waals surface area (Å²) in [6.45, 7) is 1.01. The maximum absolute atomic E-state index is 11.0. The highest BCUT2D eigenvalue weighted by atomic mass is 31.2. The van der Waals surface area contributed by atoms with Crippen LogP contribution < -0.4 is 9.58 Å². The second-order valence-corrected chi connectivity index (χ2v) is 7.94. The Hall–Kier alpha value is -2.61. The summed E-state index contributed by atoms with van der Waals surface area (Å²) < 4.78 is 23.9. The van der Waals surface area contributed by atoms with Crippen LogP contribution in [-0.4, -0.2) is 67.4 Å². The predicted octanol–water partition coefficient (Wildman–Crippen LogP) is -0.375. The lowest BCUT2D eigenvalue weighted by atomic mass is 10.1. The third kappa shape index (κ3) is 3.23. The summed E-state index contributed by atoms with van der Waals surface area (Å²) in [4.78, 5) is 24.9. The SMILES string of the molecule is CC1=NN(C)c2ccnc3c2n1c(N=[N+]=[N-])[n+]3C1OC(COP(=O)(O)O)C(O)C1O. The number of pyridine rings is 1. The predicted molar refractivity (Wildman–Crippen MR) is 99.6 cm³/mol. The topological polar surface area (TPSA) is 203 Å². The molecule has 0 radical (unpaired) electrons. The van der Waals surface area contributed by atoms with Crippen LogP contribution in [0.3, 0.4) is 0 Å². The van der Waals surface area contributed by atoms with Crippen LogP contribution in [0.15, 0.2) is 22.5 Å². The van der Waals surface area contributed by atoms with E-state index in [1.165, 1.54) is 10.8 Å². The molecule has 30 heavy (non-hydrogen) atoms. The summed E-state index contributed by atoms with van der Waals surface area (Å²) >= 11 is 0. The quantitative estimate of drug-likeness (QED) is 0.157. The fourth-order valence-electron chi connectivity index (χ4n) is 3.63. The molecule has 4 unspecified atom stereocenters. The Morgan fingerprint density at radius 1 is 1.43 bits per heavy atom. The van der Waals surface area contributed by atoms with E-state index >= 15 is 0 Å². The number of aliphatic hydroxyl groups excluding tert-OH is 2. The maximum atomic E-state index is 11.0. The van der Waals surface area contributed by atoms with Crippen molar-refractivity contribution in [3.05, 3.63) is 22.7 Å². The van der Waals surface area contributed by atoms with E-state index in [2.05, 4.69) is 24.6 Å². The summed E-state index contributed by atoms with van der Waals surface area (Å²) in [5, 5.41) is 30.6. The van der Waals surface area contributed by atoms with Crippen molar-refractivity contribution in [2.45, 2.75) is 31.5 Å². The van der Waals surface area contributed by atoms with E-state index in [1.807, 2.05) is 0 Å². The number of aliphatic hydroxyl groups is 2. The molecule has 0 saturated carbocycles. The van der Waals surface area contributed by atoms with E-state index in [9.17, 15) is 14.8 Å². The minimum absolute atomic E-state index is 0.00499. The summed E-state index contributed by atoms with van der Waals surface area (Å²) in [5.41, 5.74) is 10.6. The van der Waals surface area contributed by atoms with Crippen LogP contribution in [0.2, 0.25) is 0 Å². The molecular formula is C14H18N8O7P+. The molecule has 1 fully saturated rings. The van der Waals surface area contributed by atoms with E-state index in [0.29, 0.717) is 17.0 Å². The monoisotopic (exact) mass is 441 g/mol. The Labute approximate surface area is 168 Å². The van der Waals surface area contributed by atoms with Crippen molar-refractivity contribution in [2.75, 3.05) is 18.7 Å². The molecule has 4 atom stereocenters. The number of aromatic nitrogens is 3. The molecule has 1 saturated heterocycles. The van der Waals surface area contributed by atoms with Crippen molar-refractivity contribution in [2.24, 2.45) is 10.2 Å². The first-order valence-electron chi connectivity index (χ1n) is 8.65. The number of phosphoric ester groups is 1. The summed E-state index contributed by atoms with van der Waals surface area (Å²) in [7, 11) is -3.08. The molecule has 2 aliphatic rings. The highest BCUT2D eigenvalue weighted by Gasteiger charge is 2.50. The summed E-state index contributed by atoms with van der Waals surface area (Å²) in [5.74, 6) is 0.452. The number of anilines is 1. The lowest BCUT2D eigenvalue weighted by Gasteiger charge is -2.18. The number of azide groups is 1. The minimum Gasteiger partial charge on any atom is -0.387 e. The zero-order chi connectivity index (χ0) is 21.8. The first kappa shape index (κ1) is 20.7. The fraction of sp³-hybridized carbons (Fsp3) is 0.500. The van der Waals surface area contributed by atoms with Crippen molar-refractivity contribution in [1.29, 1.82) is 0 Å². The van der Waals surface area contributed by atoms with Gasteiger partial charge in [0, 0.05) is 19.5 Å². The van der Waals surface area contributed by atoms with Gasteiger partial charge in [0.1, 0.15) is 24.0 Å². The number of nitrogens with zero attached hydrogens (tertiary/aromatic N) is 8. The summed E-state index contributed by atoms with van der Waals surface area (Å²) in [6.07, 6.45) is -4.11. The standard InChI is InChI=1S/C14H17N8O7P/c1-6-18-20(2)7-3-4-16-12-9(7)21(6)14(17-19-15)22(12)13-11(24)10(23)8(29-13)5-28-30(25,26)27/h3-4,8,10-11,13,23-24H,5H2,1-2H3,(H-,25,26,27)/p+1. The van der Waals surface area contributed by atoms with Crippen molar-refractivity contribution >= 4 is 36.5 Å². The Bertz CT molecular complexity index is 1140. The molecule has 0 aromatic carbocycles. The average Bonchev–Trinajstić information content (AvgIpc) is 3.14. The van der Waals surface area contributed by atoms with Gasteiger partial charge in [0.25, 0.3) is 10.8 Å². The van der Waals surface area contributed by atoms with Gasteiger partial charge in [0.15, 0.2) is 16.3 Å². The van der Waals surface area contributed by atoms with E-state index in [1.54, 1.807) is 29.6 Å². The Morgan fingerprint density at radius 2 is 2.17 bits per heavy atom. The zero-order valence-corrected chi connectivity index (χ0v) is 16.6. The average molecular weight is 441 g/mol. The molecule has 4 rings (SSSR count). The molecule has 16 heteroatoms. The van der Waals surface area contributed by atoms with E-state index in [4.69, 9.17) is 20.1 Å². The van der Waals surface area contributed by atoms with Crippen LogP contribution in [0, 0.1) is 0 Å². The largest absolute Gasteiger partial charge is 0.469 e. The molecule has 0 amide bonds. The van der Waals surface area contributed by atoms with E-state index < -0.39 is 39.0 Å². The molecule has 4 heterocycles. The van der Waals surface area contributed by atoms with Crippen LogP contribution in [0.5, 0.6) is 0 Å². The highest BCUT2D eigenvalue weighted by molar-refractivity contribution is 7.46. The van der Waals surface area contributed by atoms with Gasteiger partial charge in [-0.3, -0.25) is 9.53 Å². The Kier molecular flexibility index (Phi) is 5.00. The molecule has 2 aromatic heterocycles. The number of hydrogen-bond acceptors (Lipinski definition) is 9. The van der Waals surface area contributed by atoms with Crippen LogP contribution in [0.25, 0.3) is 21.6 Å². The number of ether oxygens (including phenoxy) is 1. The fourth-order valence-corrected chi connectivity index (χ4v) is 3.97. The second kappa shape index (κ2) is 7.27. The van der Waals surface area contributed by atoms with Gasteiger partial charge in [-0.2, -0.15) is 9.13 Å². The maximum Gasteiger partial charge on any atom is 0.469 e.